The van der Waals surface area contributed by atoms with Crippen molar-refractivity contribution in [3.63, 3.8) is 0 Å². The van der Waals surface area contributed by atoms with Gasteiger partial charge in [-0.3, -0.25) is 0 Å². The van der Waals surface area contributed by atoms with E-state index in [2.05, 4.69) is 0 Å². The van der Waals surface area contributed by atoms with Gasteiger partial charge < -0.3 is 43.3 Å². The molecule has 0 saturated carbocycles. The summed E-state index contributed by atoms with van der Waals surface area (Å²) in [5, 5.41) is 22.8. The molecule has 0 bridgehead atoms. The Bertz CT molecular complexity index is 55.2. The average Bonchev–Trinajstić information content (AvgIpc) is 1.19. The summed E-state index contributed by atoms with van der Waals surface area (Å²) in [5.74, 6) is 0. The van der Waals surface area contributed by atoms with Crippen molar-refractivity contribution in [3.8, 4) is 0 Å². The van der Waals surface area contributed by atoms with Gasteiger partial charge >= 0.3 is 62.4 Å². The van der Waals surface area contributed by atoms with Gasteiger partial charge in [-0.25, -0.2) is 0 Å². The van der Waals surface area contributed by atoms with Crippen LogP contribution in [0.15, 0.2) is 0 Å². The Labute approximate surface area is 105 Å². The Hall–Kier alpha value is 1.79. The summed E-state index contributed by atoms with van der Waals surface area (Å²) in [4.78, 5) is 34.3. The third kappa shape index (κ3) is 352. The molecule has 0 spiro atoms. The van der Waals surface area contributed by atoms with E-state index in [1.165, 1.54) is 0 Å². The molecule has 0 radical (unpaired) electrons. The van der Waals surface area contributed by atoms with Gasteiger partial charge in [0.15, 0.2) is 0 Å². The van der Waals surface area contributed by atoms with Gasteiger partial charge in [-0.15, -0.1) is 0 Å². The minimum Gasteiger partial charge on any atom is -0.894 e. The van der Waals surface area contributed by atoms with E-state index in [1.807, 2.05) is 0 Å². The predicted molar refractivity (Wildman–Crippen MR) is 27.5 cm³/mol. The second-order valence-electron chi connectivity index (χ2n) is 0.826. The summed E-state index contributed by atoms with van der Waals surface area (Å²) in [6.07, 6.45) is 0. The molecule has 0 fully saturated rings. The summed E-state index contributed by atoms with van der Waals surface area (Å²) >= 11 is 0. The smallest absolute Gasteiger partial charge is 0.894 e. The van der Waals surface area contributed by atoms with E-state index in [0.717, 1.165) is 0 Å². The molecule has 0 aromatic heterocycles. The molecule has 0 amide bonds. The zero-order valence-electron chi connectivity index (χ0n) is 5.30. The Kier molecular flexibility index (Phi) is 24.7. The Balaban J connectivity index is -0.0000000383. The van der Waals surface area contributed by atoms with Crippen molar-refractivity contribution >= 4 is 71.5 Å². The quantitative estimate of drug-likeness (QED) is 0.383. The van der Waals surface area contributed by atoms with E-state index in [1.54, 1.807) is 0 Å². The first-order valence-corrected chi connectivity index (χ1v) is 3.20. The molecule has 0 rings (SSSR count). The monoisotopic (exact) mass is 220 g/mol. The number of hydrogen-bond acceptors (Lipinski definition) is 7. The van der Waals surface area contributed by atoms with Gasteiger partial charge in [0.1, 0.15) is 0 Å². The molecule has 0 saturated heterocycles. The van der Waals surface area contributed by atoms with Crippen LogP contribution in [0.2, 0.25) is 0 Å². The molecule has 0 aliphatic heterocycles. The summed E-state index contributed by atoms with van der Waals surface area (Å²) in [6, 6.07) is 0. The predicted octanol–water partition coefficient (Wildman–Crippen LogP) is -8.58. The van der Waals surface area contributed by atoms with Crippen LogP contribution < -0.4 is 24.2 Å². The van der Waals surface area contributed by atoms with Crippen molar-refractivity contribution in [2.75, 3.05) is 0 Å². The van der Waals surface area contributed by atoms with E-state index >= 15 is 0 Å². The topological polar surface area (TPSA) is 156 Å². The Morgan fingerprint density at radius 2 is 1.00 bits per heavy atom. The molecule has 7 nitrogen and oxygen atoms in total. The summed E-state index contributed by atoms with van der Waals surface area (Å²) < 4.78 is 0. The fraction of sp³-hybridized carbons (Fsp3) is 0. The van der Waals surface area contributed by atoms with E-state index in [4.69, 9.17) is 34.3 Å². The van der Waals surface area contributed by atoms with Gasteiger partial charge in [0.2, 0.25) is 0 Å². The number of rotatable bonds is 0. The molecule has 0 aromatic rings. The van der Waals surface area contributed by atoms with Crippen molar-refractivity contribution in [2.45, 2.75) is 0 Å². The molecule has 0 aliphatic rings. The van der Waals surface area contributed by atoms with Crippen LogP contribution in [0, 0.1) is 0 Å². The number of hydrogen-bond donors (Lipinski definition) is 2. The van der Waals surface area contributed by atoms with E-state index in [0.29, 0.717) is 0 Å². The van der Waals surface area contributed by atoms with E-state index < -0.39 is 16.4 Å². The standard InChI is InChI=1S/Al.BH2O3.Ca.O4Si/c;2-1(3)4;;1-5(2,3)4/h;2-3H;;/q+3;-1;+2;-4. The van der Waals surface area contributed by atoms with Crippen molar-refractivity contribution in [2.24, 2.45) is 0 Å². The maximum Gasteiger partial charge on any atom is 3.00 e. The minimum absolute atomic E-state index is 0. The zero-order valence-corrected chi connectivity index (χ0v) is 9.66. The molecule has 0 unspecified atom stereocenters. The first kappa shape index (κ1) is 23.0. The molecule has 11 heavy (non-hydrogen) atoms. The van der Waals surface area contributed by atoms with Gasteiger partial charge in [0.05, 0.1) is 0 Å². The van der Waals surface area contributed by atoms with Crippen LogP contribution in [0.1, 0.15) is 0 Å². The first-order chi connectivity index (χ1) is 3.73. The van der Waals surface area contributed by atoms with Crippen LogP contribution in [0.4, 0.5) is 0 Å². The fourth-order valence-electron chi connectivity index (χ4n) is 0. The molecule has 0 aromatic carbocycles. The second-order valence-corrected chi connectivity index (χ2v) is 1.83. The largest absolute Gasteiger partial charge is 3.00 e. The van der Waals surface area contributed by atoms with Crippen LogP contribution in [0.5, 0.6) is 0 Å². The fourth-order valence-corrected chi connectivity index (χ4v) is 0. The van der Waals surface area contributed by atoms with Crippen LogP contribution >= 0.6 is 0 Å². The molecule has 0 heterocycles. The van der Waals surface area contributed by atoms with Crippen molar-refractivity contribution in [1.82, 2.24) is 0 Å². The molecule has 56 valence electrons. The Morgan fingerprint density at radius 1 is 1.00 bits per heavy atom. The minimum atomic E-state index is -5.61. The molecule has 11 heteroatoms. The van der Waals surface area contributed by atoms with Gasteiger partial charge in [-0.2, -0.15) is 0 Å². The van der Waals surface area contributed by atoms with Crippen molar-refractivity contribution in [1.29, 1.82) is 0 Å². The SMILES string of the molecule is [Al+3].[Ca+2].[O-]B(O)O.[O-][Si]([O-])([O-])[O-]. The van der Waals surface area contributed by atoms with Crippen LogP contribution in [0.25, 0.3) is 0 Å². The summed E-state index contributed by atoms with van der Waals surface area (Å²) in [6.45, 7) is 0. The van der Waals surface area contributed by atoms with Crippen molar-refractivity contribution in [3.05, 3.63) is 0 Å². The molecular weight excluding hydrogens is 218 g/mol. The van der Waals surface area contributed by atoms with E-state index in [9.17, 15) is 0 Å². The Morgan fingerprint density at radius 3 is 1.00 bits per heavy atom. The second kappa shape index (κ2) is 11.8. The molecule has 2 N–H and O–H groups in total. The first-order valence-electron chi connectivity index (χ1n) is 1.57. The zero-order chi connectivity index (χ0) is 8.08. The molecule has 0 aliphatic carbocycles. The van der Waals surface area contributed by atoms with Crippen LogP contribution in [-0.2, 0) is 0 Å². The van der Waals surface area contributed by atoms with Crippen LogP contribution in [-0.4, -0.2) is 81.5 Å². The van der Waals surface area contributed by atoms with Gasteiger partial charge in [-0.05, 0) is 0 Å². The third-order valence-electron chi connectivity index (χ3n) is 0. The third-order valence-corrected chi connectivity index (χ3v) is 0. The maximum absolute atomic E-state index is 8.64. The van der Waals surface area contributed by atoms with Gasteiger partial charge in [0, 0.05) is 0 Å². The summed E-state index contributed by atoms with van der Waals surface area (Å²) in [7, 11) is -8.03. The van der Waals surface area contributed by atoms with E-state index in [-0.39, 0.29) is 55.1 Å². The maximum atomic E-state index is 8.64. The average molecular weight is 220 g/mol. The van der Waals surface area contributed by atoms with Gasteiger partial charge in [-0.1, -0.05) is 0 Å². The summed E-state index contributed by atoms with van der Waals surface area (Å²) in [5.41, 5.74) is 0. The van der Waals surface area contributed by atoms with Gasteiger partial charge in [0.25, 0.3) is 0 Å². The van der Waals surface area contributed by atoms with Crippen LogP contribution in [0.3, 0.4) is 0 Å². The normalized spacial score (nSPS) is 7.91. The van der Waals surface area contributed by atoms with Crippen molar-refractivity contribution < 1.29 is 34.3 Å². The molecule has 0 atom stereocenters. The molecular formula is H2AlBCaO7Si.